The maximum Gasteiger partial charge on any atom is 0.123 e. The molecule has 4 rings (SSSR count). The van der Waals surface area contributed by atoms with E-state index in [2.05, 4.69) is 121 Å². The Labute approximate surface area is 205 Å². The second kappa shape index (κ2) is 10.3. The molecule has 0 saturated carbocycles. The van der Waals surface area contributed by atoms with Crippen LogP contribution < -0.4 is 5.32 Å². The molecule has 2 heteroatoms. The van der Waals surface area contributed by atoms with Crippen LogP contribution in [-0.2, 0) is 17.3 Å². The van der Waals surface area contributed by atoms with Crippen LogP contribution in [0.3, 0.4) is 0 Å². The normalized spacial score (nSPS) is 11.6. The van der Waals surface area contributed by atoms with Gasteiger partial charge in [-0.1, -0.05) is 115 Å². The molecule has 0 aliphatic rings. The molecule has 0 spiro atoms. The Kier molecular flexibility index (Phi) is 7.71. The summed E-state index contributed by atoms with van der Waals surface area (Å²) in [6, 6.07) is 29.2. The van der Waals surface area contributed by atoms with Crippen LogP contribution in [0.25, 0.3) is 10.8 Å². The third kappa shape index (κ3) is 6.20. The predicted octanol–water partition coefficient (Wildman–Crippen LogP) is 9.13. The zero-order valence-electron chi connectivity index (χ0n) is 21.7. The van der Waals surface area contributed by atoms with Crippen molar-refractivity contribution in [3.05, 3.63) is 102 Å². The molecular weight excluding hydrogens is 414 g/mol. The molecule has 0 heterocycles. The average molecular weight is 454 g/mol. The Morgan fingerprint density at radius 1 is 0.676 bits per heavy atom. The lowest BCUT2D eigenvalue weighted by Gasteiger charge is -2.28. The Bertz CT molecular complexity index is 1190. The highest BCUT2D eigenvalue weighted by Gasteiger charge is 2.26. The number of phenolic OH excluding ortho intramolecular Hbond substituents is 1. The SMILES string of the molecule is CCc1cc(C(C)(C)C)c(O)c(C(C)(C)C)c1.c1ccc(Nc2cccc3ccccc23)cc1. The van der Waals surface area contributed by atoms with E-state index in [-0.39, 0.29) is 10.8 Å². The molecule has 2 N–H and O–H groups in total. The number of aryl methyl sites for hydroxylation is 1. The third-order valence-corrected chi connectivity index (χ3v) is 6.04. The van der Waals surface area contributed by atoms with Gasteiger partial charge in [0, 0.05) is 16.8 Å². The number of anilines is 2. The minimum Gasteiger partial charge on any atom is -0.507 e. The molecule has 0 aromatic heterocycles. The second-order valence-electron chi connectivity index (χ2n) is 10.9. The molecule has 0 aliphatic carbocycles. The first-order valence-corrected chi connectivity index (χ1v) is 12.2. The highest BCUT2D eigenvalue weighted by molar-refractivity contribution is 5.95. The van der Waals surface area contributed by atoms with Crippen molar-refractivity contribution in [2.75, 3.05) is 5.32 Å². The first-order valence-electron chi connectivity index (χ1n) is 12.2. The van der Waals surface area contributed by atoms with Crippen molar-refractivity contribution < 1.29 is 5.11 Å². The molecule has 2 nitrogen and oxygen atoms in total. The third-order valence-electron chi connectivity index (χ3n) is 6.04. The fourth-order valence-electron chi connectivity index (χ4n) is 4.05. The van der Waals surface area contributed by atoms with Crippen molar-refractivity contribution >= 4 is 22.1 Å². The van der Waals surface area contributed by atoms with Gasteiger partial charge in [0.2, 0.25) is 0 Å². The molecule has 0 saturated heterocycles. The van der Waals surface area contributed by atoms with Gasteiger partial charge in [-0.05, 0) is 57.5 Å². The smallest absolute Gasteiger partial charge is 0.123 e. The van der Waals surface area contributed by atoms with Gasteiger partial charge in [-0.3, -0.25) is 0 Å². The monoisotopic (exact) mass is 453 g/mol. The number of phenols is 1. The summed E-state index contributed by atoms with van der Waals surface area (Å²) in [6.45, 7) is 15.0. The average Bonchev–Trinajstić information content (AvgIpc) is 2.79. The summed E-state index contributed by atoms with van der Waals surface area (Å²) in [4.78, 5) is 0. The van der Waals surface area contributed by atoms with Gasteiger partial charge in [-0.2, -0.15) is 0 Å². The summed E-state index contributed by atoms with van der Waals surface area (Å²) < 4.78 is 0. The van der Waals surface area contributed by atoms with E-state index in [4.69, 9.17) is 0 Å². The van der Waals surface area contributed by atoms with E-state index >= 15 is 0 Å². The second-order valence-corrected chi connectivity index (χ2v) is 10.9. The standard InChI is InChI=1S/C16H13N.C16H26O/c1-2-9-14(10-3-1)17-16-12-6-8-13-7-4-5-11-15(13)16;1-8-11-9-12(15(2,3)4)14(17)13(10-11)16(5,6)7/h1-12,17H;9-10,17H,8H2,1-7H3. The topological polar surface area (TPSA) is 32.3 Å². The van der Waals surface area contributed by atoms with Crippen LogP contribution in [0.4, 0.5) is 11.4 Å². The van der Waals surface area contributed by atoms with Crippen LogP contribution >= 0.6 is 0 Å². The maximum atomic E-state index is 10.5. The van der Waals surface area contributed by atoms with Crippen LogP contribution in [0.1, 0.15) is 65.2 Å². The lowest BCUT2D eigenvalue weighted by molar-refractivity contribution is 0.422. The molecule has 0 unspecified atom stereocenters. The van der Waals surface area contributed by atoms with Crippen molar-refractivity contribution in [3.8, 4) is 5.75 Å². The van der Waals surface area contributed by atoms with Gasteiger partial charge >= 0.3 is 0 Å². The molecule has 0 radical (unpaired) electrons. The van der Waals surface area contributed by atoms with E-state index in [1.807, 2.05) is 18.2 Å². The lowest BCUT2D eigenvalue weighted by atomic mass is 9.78. The van der Waals surface area contributed by atoms with Gasteiger partial charge < -0.3 is 10.4 Å². The number of hydrogen-bond acceptors (Lipinski definition) is 2. The zero-order chi connectivity index (χ0) is 24.9. The van der Waals surface area contributed by atoms with E-state index in [0.717, 1.165) is 28.9 Å². The molecular formula is C32H39NO. The van der Waals surface area contributed by atoms with E-state index in [0.29, 0.717) is 5.75 Å². The van der Waals surface area contributed by atoms with Gasteiger partial charge in [0.1, 0.15) is 5.75 Å². The highest BCUT2D eigenvalue weighted by atomic mass is 16.3. The molecule has 4 aromatic rings. The van der Waals surface area contributed by atoms with E-state index in [9.17, 15) is 5.11 Å². The predicted molar refractivity (Wildman–Crippen MR) is 149 cm³/mol. The number of hydrogen-bond donors (Lipinski definition) is 2. The zero-order valence-corrected chi connectivity index (χ0v) is 21.7. The van der Waals surface area contributed by atoms with Gasteiger partial charge in [-0.15, -0.1) is 0 Å². The quantitative estimate of drug-likeness (QED) is 0.324. The van der Waals surface area contributed by atoms with E-state index in [1.54, 1.807) is 0 Å². The number of benzene rings is 4. The highest BCUT2D eigenvalue weighted by Crippen LogP contribution is 2.39. The van der Waals surface area contributed by atoms with Gasteiger partial charge in [0.25, 0.3) is 0 Å². The lowest BCUT2D eigenvalue weighted by Crippen LogP contribution is -2.17. The van der Waals surface area contributed by atoms with Crippen molar-refractivity contribution in [1.29, 1.82) is 0 Å². The van der Waals surface area contributed by atoms with Gasteiger partial charge in [0.15, 0.2) is 0 Å². The van der Waals surface area contributed by atoms with E-state index in [1.165, 1.54) is 16.3 Å². The molecule has 0 amide bonds. The molecule has 0 aliphatic heterocycles. The number of rotatable bonds is 3. The Hall–Kier alpha value is -3.26. The van der Waals surface area contributed by atoms with Crippen LogP contribution in [-0.4, -0.2) is 5.11 Å². The van der Waals surface area contributed by atoms with Crippen molar-refractivity contribution in [2.45, 2.75) is 65.7 Å². The number of nitrogens with one attached hydrogen (secondary N) is 1. The first-order chi connectivity index (χ1) is 16.0. The Morgan fingerprint density at radius 2 is 1.21 bits per heavy atom. The molecule has 0 atom stereocenters. The fraction of sp³-hybridized carbons (Fsp3) is 0.312. The Balaban J connectivity index is 0.000000191. The van der Waals surface area contributed by atoms with Crippen molar-refractivity contribution in [2.24, 2.45) is 0 Å². The summed E-state index contributed by atoms with van der Waals surface area (Å²) in [5.41, 5.74) is 5.64. The van der Waals surface area contributed by atoms with Crippen LogP contribution in [0.15, 0.2) is 84.9 Å². The minimum atomic E-state index is -0.0186. The molecule has 34 heavy (non-hydrogen) atoms. The van der Waals surface area contributed by atoms with Gasteiger partial charge in [-0.25, -0.2) is 0 Å². The largest absolute Gasteiger partial charge is 0.507 e. The van der Waals surface area contributed by atoms with E-state index < -0.39 is 0 Å². The molecule has 4 aromatic carbocycles. The molecule has 0 bridgehead atoms. The minimum absolute atomic E-state index is 0.0186. The van der Waals surface area contributed by atoms with Crippen molar-refractivity contribution in [1.82, 2.24) is 0 Å². The fourth-order valence-corrected chi connectivity index (χ4v) is 4.05. The van der Waals surface area contributed by atoms with Gasteiger partial charge in [0.05, 0.1) is 0 Å². The first kappa shape index (κ1) is 25.4. The number of aromatic hydroxyl groups is 1. The van der Waals surface area contributed by atoms with Crippen molar-refractivity contribution in [3.63, 3.8) is 0 Å². The maximum absolute atomic E-state index is 10.5. The van der Waals surface area contributed by atoms with Crippen LogP contribution in [0.2, 0.25) is 0 Å². The summed E-state index contributed by atoms with van der Waals surface area (Å²) in [5.74, 6) is 0.474. The molecule has 0 fully saturated rings. The van der Waals surface area contributed by atoms with Crippen LogP contribution in [0.5, 0.6) is 5.75 Å². The summed E-state index contributed by atoms with van der Waals surface area (Å²) in [6.07, 6.45) is 1.01. The van der Waals surface area contributed by atoms with Crippen LogP contribution in [0, 0.1) is 0 Å². The number of fused-ring (bicyclic) bond motifs is 1. The summed E-state index contributed by atoms with van der Waals surface area (Å²) in [5, 5.41) is 16.4. The Morgan fingerprint density at radius 3 is 1.76 bits per heavy atom. The molecule has 178 valence electrons. The summed E-state index contributed by atoms with van der Waals surface area (Å²) >= 11 is 0. The number of para-hydroxylation sites is 1. The summed E-state index contributed by atoms with van der Waals surface area (Å²) in [7, 11) is 0.